The summed E-state index contributed by atoms with van der Waals surface area (Å²) in [5, 5.41) is 14.7. The molecule has 10 nitrogen and oxygen atoms in total. The summed E-state index contributed by atoms with van der Waals surface area (Å²) in [6.45, 7) is 7.51. The Morgan fingerprint density at radius 2 is 1.85 bits per heavy atom. The summed E-state index contributed by atoms with van der Waals surface area (Å²) in [4.78, 5) is 26.2. The van der Waals surface area contributed by atoms with Crippen molar-refractivity contribution in [3.63, 3.8) is 0 Å². The molecule has 0 aliphatic carbocycles. The van der Waals surface area contributed by atoms with Crippen molar-refractivity contribution in [2.24, 2.45) is 0 Å². The van der Waals surface area contributed by atoms with E-state index >= 15 is 0 Å². The Labute approximate surface area is 233 Å². The minimum Gasteiger partial charge on any atom is -0.467 e. The fraction of sp³-hybridized carbons (Fsp3) is 0.276. The van der Waals surface area contributed by atoms with E-state index in [1.807, 2.05) is 36.4 Å². The minimum absolute atomic E-state index is 0.137. The van der Waals surface area contributed by atoms with E-state index in [-0.39, 0.29) is 5.56 Å². The predicted octanol–water partition coefficient (Wildman–Crippen LogP) is 4.29. The van der Waals surface area contributed by atoms with Crippen molar-refractivity contribution < 1.29 is 4.42 Å². The van der Waals surface area contributed by atoms with E-state index in [1.54, 1.807) is 22.3 Å². The lowest BCUT2D eigenvalue weighted by Crippen LogP contribution is -2.49. The van der Waals surface area contributed by atoms with Gasteiger partial charge in [0.1, 0.15) is 18.3 Å². The van der Waals surface area contributed by atoms with E-state index in [9.17, 15) is 4.79 Å². The lowest BCUT2D eigenvalue weighted by molar-refractivity contribution is 0.200. The van der Waals surface area contributed by atoms with Crippen molar-refractivity contribution in [3.8, 4) is 0 Å². The number of fused-ring (bicyclic) bond motifs is 2. The zero-order valence-electron chi connectivity index (χ0n) is 22.2. The fourth-order valence-corrected chi connectivity index (χ4v) is 6.45. The molecule has 1 aliphatic heterocycles. The maximum atomic E-state index is 13.6. The molecular weight excluding hydrogens is 524 g/mol. The third-order valence-electron chi connectivity index (χ3n) is 7.70. The van der Waals surface area contributed by atoms with Gasteiger partial charge >= 0.3 is 0 Å². The molecule has 1 N–H and O–H groups in total. The second-order valence-electron chi connectivity index (χ2n) is 10.2. The highest BCUT2D eigenvalue weighted by Gasteiger charge is 2.33. The van der Waals surface area contributed by atoms with E-state index in [0.29, 0.717) is 17.9 Å². The molecule has 11 heteroatoms. The first-order valence-electron chi connectivity index (χ1n) is 13.3. The van der Waals surface area contributed by atoms with Crippen LogP contribution in [-0.4, -0.2) is 61.3 Å². The number of aryl methyl sites for hydroxylation is 2. The van der Waals surface area contributed by atoms with Crippen LogP contribution >= 0.6 is 11.3 Å². The highest BCUT2D eigenvalue weighted by molar-refractivity contribution is 7.22. The number of para-hydroxylation sites is 1. The molecule has 0 bridgehead atoms. The molecule has 0 unspecified atom stereocenters. The molecule has 1 atom stereocenters. The van der Waals surface area contributed by atoms with E-state index in [2.05, 4.69) is 62.4 Å². The summed E-state index contributed by atoms with van der Waals surface area (Å²) < 4.78 is 8.49. The summed E-state index contributed by atoms with van der Waals surface area (Å²) in [6.07, 6.45) is 1.64. The maximum Gasteiger partial charge on any atom is 0.253 e. The number of hydrogen-bond acceptors (Lipinski definition) is 9. The molecule has 40 heavy (non-hydrogen) atoms. The first kappa shape index (κ1) is 24.7. The number of pyridine rings is 1. The Balaban J connectivity index is 1.26. The van der Waals surface area contributed by atoms with Gasteiger partial charge in [-0.25, -0.2) is 9.67 Å². The van der Waals surface area contributed by atoms with Crippen molar-refractivity contribution in [2.45, 2.75) is 26.4 Å². The van der Waals surface area contributed by atoms with Crippen LogP contribution in [0.15, 0.2) is 70.1 Å². The molecule has 0 amide bonds. The summed E-state index contributed by atoms with van der Waals surface area (Å²) in [5.74, 6) is 1.35. The quantitative estimate of drug-likeness (QED) is 0.326. The monoisotopic (exact) mass is 552 g/mol. The standard InChI is InChI=1S/C29H28N8O2S/c1-18-14-20-16-22(28(38)30-24(20)15-19(18)2)26(27-32-33-34-37(27)17-21-6-5-13-39-21)35-9-11-36(12-10-35)29-31-23-7-3-4-8-25(23)40-29/h3-8,13-16,26H,9-12,17H2,1-2H3,(H,30,38)/t26-/m0/s1. The van der Waals surface area contributed by atoms with Gasteiger partial charge in [0.05, 0.1) is 16.5 Å². The second-order valence-corrected chi connectivity index (χ2v) is 11.3. The average molecular weight is 553 g/mol. The lowest BCUT2D eigenvalue weighted by Gasteiger charge is -2.38. The third kappa shape index (κ3) is 4.46. The molecule has 1 aliphatic rings. The molecular formula is C29H28N8O2S. The predicted molar refractivity (Wildman–Crippen MR) is 155 cm³/mol. The van der Waals surface area contributed by atoms with Crippen LogP contribution in [0, 0.1) is 13.8 Å². The number of thiazole rings is 1. The summed E-state index contributed by atoms with van der Waals surface area (Å²) in [7, 11) is 0. The number of furan rings is 1. The molecule has 5 heterocycles. The van der Waals surface area contributed by atoms with Gasteiger partial charge in [-0.15, -0.1) is 5.10 Å². The number of nitrogens with one attached hydrogen (secondary N) is 1. The number of tetrazole rings is 1. The highest BCUT2D eigenvalue weighted by Crippen LogP contribution is 2.32. The Bertz CT molecular complexity index is 1830. The van der Waals surface area contributed by atoms with Crippen LogP contribution in [0.1, 0.15) is 34.3 Å². The summed E-state index contributed by atoms with van der Waals surface area (Å²) >= 11 is 1.71. The summed E-state index contributed by atoms with van der Waals surface area (Å²) in [6, 6.07) is 17.7. The molecule has 1 fully saturated rings. The van der Waals surface area contributed by atoms with Crippen LogP contribution in [0.3, 0.4) is 0 Å². The molecule has 4 aromatic heterocycles. The molecule has 0 spiro atoms. The SMILES string of the molecule is Cc1cc2cc([C@@H](c3nnnn3Cc3ccco3)N3CCN(c4nc5ccccc5s4)CC3)c(=O)[nH]c2cc1C. The number of anilines is 1. The van der Waals surface area contributed by atoms with Crippen molar-refractivity contribution in [2.75, 3.05) is 31.1 Å². The van der Waals surface area contributed by atoms with Gasteiger partial charge in [-0.1, -0.05) is 23.5 Å². The number of piperazine rings is 1. The first-order chi connectivity index (χ1) is 19.5. The molecule has 0 radical (unpaired) electrons. The molecule has 2 aromatic carbocycles. The minimum atomic E-state index is -0.433. The van der Waals surface area contributed by atoms with Crippen LogP contribution in [0.25, 0.3) is 21.1 Å². The van der Waals surface area contributed by atoms with Crippen LogP contribution in [0.4, 0.5) is 5.13 Å². The van der Waals surface area contributed by atoms with E-state index in [0.717, 1.165) is 59.1 Å². The molecule has 7 rings (SSSR count). The van der Waals surface area contributed by atoms with Crippen molar-refractivity contribution in [1.29, 1.82) is 0 Å². The Kier molecular flexibility index (Phi) is 6.17. The third-order valence-corrected chi connectivity index (χ3v) is 8.80. The van der Waals surface area contributed by atoms with E-state index in [4.69, 9.17) is 9.40 Å². The van der Waals surface area contributed by atoms with Crippen molar-refractivity contribution in [1.82, 2.24) is 35.1 Å². The second kappa shape index (κ2) is 10.00. The van der Waals surface area contributed by atoms with Gasteiger partial charge in [-0.3, -0.25) is 9.69 Å². The first-order valence-corrected chi connectivity index (χ1v) is 14.1. The average Bonchev–Trinajstić information content (AvgIpc) is 3.73. The van der Waals surface area contributed by atoms with E-state index < -0.39 is 6.04 Å². The van der Waals surface area contributed by atoms with Crippen molar-refractivity contribution >= 4 is 37.6 Å². The van der Waals surface area contributed by atoms with Gasteiger partial charge in [-0.2, -0.15) is 0 Å². The zero-order valence-corrected chi connectivity index (χ0v) is 23.1. The summed E-state index contributed by atoms with van der Waals surface area (Å²) in [5.41, 5.74) is 4.65. The van der Waals surface area contributed by atoms with E-state index in [1.165, 1.54) is 10.3 Å². The number of H-pyrrole nitrogens is 1. The van der Waals surface area contributed by atoms with Gasteiger partial charge in [0.2, 0.25) is 0 Å². The van der Waals surface area contributed by atoms with Crippen LogP contribution < -0.4 is 10.5 Å². The lowest BCUT2D eigenvalue weighted by atomic mass is 10.0. The topological polar surface area (TPSA) is 109 Å². The highest BCUT2D eigenvalue weighted by atomic mass is 32.1. The van der Waals surface area contributed by atoms with Crippen molar-refractivity contribution in [3.05, 3.63) is 99.5 Å². The number of rotatable bonds is 6. The van der Waals surface area contributed by atoms with Crippen LogP contribution in [0.2, 0.25) is 0 Å². The fourth-order valence-electron chi connectivity index (χ4n) is 5.43. The van der Waals surface area contributed by atoms with Crippen LogP contribution in [0.5, 0.6) is 0 Å². The number of benzene rings is 2. The van der Waals surface area contributed by atoms with Gasteiger partial charge in [0.15, 0.2) is 11.0 Å². The molecule has 0 saturated carbocycles. The van der Waals surface area contributed by atoms with Gasteiger partial charge in [0, 0.05) is 37.3 Å². The normalized spacial score (nSPS) is 15.3. The number of nitrogens with zero attached hydrogens (tertiary/aromatic N) is 7. The van der Waals surface area contributed by atoms with Gasteiger partial charge in [-0.05, 0) is 83.3 Å². The largest absolute Gasteiger partial charge is 0.467 e. The Morgan fingerprint density at radius 1 is 1.02 bits per heavy atom. The number of aromatic amines is 1. The maximum absolute atomic E-state index is 13.6. The smallest absolute Gasteiger partial charge is 0.253 e. The number of aromatic nitrogens is 6. The Hall–Kier alpha value is -4.35. The Morgan fingerprint density at radius 3 is 2.65 bits per heavy atom. The van der Waals surface area contributed by atoms with Crippen LogP contribution in [-0.2, 0) is 6.54 Å². The molecule has 6 aromatic rings. The zero-order chi connectivity index (χ0) is 27.2. The van der Waals surface area contributed by atoms with Gasteiger partial charge in [0.25, 0.3) is 5.56 Å². The molecule has 202 valence electrons. The van der Waals surface area contributed by atoms with Gasteiger partial charge < -0.3 is 14.3 Å². The number of hydrogen-bond donors (Lipinski definition) is 1. The molecule has 1 saturated heterocycles.